The van der Waals surface area contributed by atoms with Gasteiger partial charge in [0, 0.05) is 31.7 Å². The van der Waals surface area contributed by atoms with Gasteiger partial charge in [-0.3, -0.25) is 9.59 Å². The van der Waals surface area contributed by atoms with E-state index in [0.29, 0.717) is 31.7 Å². The van der Waals surface area contributed by atoms with Crippen LogP contribution in [0, 0.1) is 19.8 Å². The van der Waals surface area contributed by atoms with Crippen LogP contribution in [0.5, 0.6) is 0 Å². The number of benzene rings is 1. The fraction of sp³-hybridized carbons (Fsp3) is 0.591. The molecular formula is C22H33N3O4. The number of nitrogens with zero attached hydrogens (tertiary/aromatic N) is 1. The van der Waals surface area contributed by atoms with E-state index in [2.05, 4.69) is 10.6 Å². The van der Waals surface area contributed by atoms with Crippen LogP contribution in [0.2, 0.25) is 0 Å². The van der Waals surface area contributed by atoms with Crippen molar-refractivity contribution in [3.63, 3.8) is 0 Å². The summed E-state index contributed by atoms with van der Waals surface area (Å²) in [5.41, 5.74) is 2.21. The van der Waals surface area contributed by atoms with Crippen molar-refractivity contribution in [3.8, 4) is 0 Å². The molecule has 0 spiro atoms. The van der Waals surface area contributed by atoms with Gasteiger partial charge in [0.1, 0.15) is 5.60 Å². The molecule has 3 amide bonds. The molecule has 1 aliphatic rings. The lowest BCUT2D eigenvalue weighted by Gasteiger charge is -2.32. The Morgan fingerprint density at radius 3 is 2.48 bits per heavy atom. The second-order valence-corrected chi connectivity index (χ2v) is 8.63. The molecule has 1 fully saturated rings. The van der Waals surface area contributed by atoms with Gasteiger partial charge in [-0.15, -0.1) is 0 Å². The molecule has 160 valence electrons. The fourth-order valence-corrected chi connectivity index (χ4v) is 3.41. The first-order valence-electron chi connectivity index (χ1n) is 10.2. The van der Waals surface area contributed by atoms with Crippen LogP contribution < -0.4 is 10.6 Å². The number of carbonyl (C=O) groups excluding carboxylic acids is 3. The predicted octanol–water partition coefficient (Wildman–Crippen LogP) is 2.80. The smallest absolute Gasteiger partial charge is 0.407 e. The van der Waals surface area contributed by atoms with Gasteiger partial charge in [-0.05, 0) is 59.1 Å². The third-order valence-electron chi connectivity index (χ3n) is 4.78. The van der Waals surface area contributed by atoms with Gasteiger partial charge in [-0.1, -0.05) is 17.7 Å². The highest BCUT2D eigenvalue weighted by Crippen LogP contribution is 2.20. The van der Waals surface area contributed by atoms with Crippen molar-refractivity contribution in [2.45, 2.75) is 53.1 Å². The summed E-state index contributed by atoms with van der Waals surface area (Å²) >= 11 is 0. The summed E-state index contributed by atoms with van der Waals surface area (Å²) in [5, 5.41) is 5.46. The summed E-state index contributed by atoms with van der Waals surface area (Å²) in [5.74, 6) is -0.347. The minimum Gasteiger partial charge on any atom is -0.444 e. The SMILES string of the molecule is Cc1ccc(C(=O)N2CCCC(C(=O)NCCNC(=O)OC(C)(C)C)C2)c(C)c1. The summed E-state index contributed by atoms with van der Waals surface area (Å²) in [4.78, 5) is 38.8. The Bertz CT molecular complexity index is 755. The van der Waals surface area contributed by atoms with Gasteiger partial charge < -0.3 is 20.3 Å². The summed E-state index contributed by atoms with van der Waals surface area (Å²) in [6.07, 6.45) is 1.04. The van der Waals surface area contributed by atoms with Crippen LogP contribution in [-0.2, 0) is 9.53 Å². The topological polar surface area (TPSA) is 87.7 Å². The Labute approximate surface area is 173 Å². The van der Waals surface area contributed by atoms with Crippen LogP contribution in [0.1, 0.15) is 55.1 Å². The van der Waals surface area contributed by atoms with Crippen LogP contribution in [0.3, 0.4) is 0 Å². The van der Waals surface area contributed by atoms with Crippen LogP contribution in [-0.4, -0.2) is 54.6 Å². The van der Waals surface area contributed by atoms with Gasteiger partial charge >= 0.3 is 6.09 Å². The number of alkyl carbamates (subject to hydrolysis) is 1. The number of rotatable bonds is 5. The maximum atomic E-state index is 12.9. The quantitative estimate of drug-likeness (QED) is 0.740. The number of likely N-dealkylation sites (tertiary alicyclic amines) is 1. The van der Waals surface area contributed by atoms with E-state index in [9.17, 15) is 14.4 Å². The Balaban J connectivity index is 1.81. The second kappa shape index (κ2) is 9.76. The van der Waals surface area contributed by atoms with E-state index >= 15 is 0 Å². The largest absolute Gasteiger partial charge is 0.444 e. The number of ether oxygens (including phenoxy) is 1. The number of carbonyl (C=O) groups is 3. The molecule has 0 bridgehead atoms. The molecule has 2 N–H and O–H groups in total. The first kappa shape index (κ1) is 22.7. The Kier molecular flexibility index (Phi) is 7.65. The molecular weight excluding hydrogens is 370 g/mol. The maximum absolute atomic E-state index is 12.9. The third-order valence-corrected chi connectivity index (χ3v) is 4.78. The van der Waals surface area contributed by atoms with Gasteiger partial charge in [0.25, 0.3) is 5.91 Å². The molecule has 1 aromatic carbocycles. The van der Waals surface area contributed by atoms with Gasteiger partial charge in [-0.2, -0.15) is 0 Å². The molecule has 1 atom stereocenters. The molecule has 1 aliphatic heterocycles. The van der Waals surface area contributed by atoms with Crippen LogP contribution in [0.4, 0.5) is 4.79 Å². The molecule has 7 heteroatoms. The molecule has 1 saturated heterocycles. The number of amides is 3. The standard InChI is InChI=1S/C22H33N3O4/c1-15-8-9-18(16(2)13-15)20(27)25-12-6-7-17(14-25)19(26)23-10-11-24-21(28)29-22(3,4)5/h8-9,13,17H,6-7,10-12,14H2,1-5H3,(H,23,26)(H,24,28). The summed E-state index contributed by atoms with van der Waals surface area (Å²) in [6, 6.07) is 5.80. The highest BCUT2D eigenvalue weighted by Gasteiger charge is 2.29. The van der Waals surface area contributed by atoms with Crippen LogP contribution >= 0.6 is 0 Å². The third kappa shape index (κ3) is 7.07. The molecule has 0 saturated carbocycles. The predicted molar refractivity (Wildman–Crippen MR) is 112 cm³/mol. The lowest BCUT2D eigenvalue weighted by molar-refractivity contribution is -0.126. The van der Waals surface area contributed by atoms with E-state index < -0.39 is 11.7 Å². The van der Waals surface area contributed by atoms with Gasteiger partial charge in [-0.25, -0.2) is 4.79 Å². The van der Waals surface area contributed by atoms with Crippen molar-refractivity contribution in [3.05, 3.63) is 34.9 Å². The lowest BCUT2D eigenvalue weighted by Crippen LogP contribution is -2.46. The minimum atomic E-state index is -0.554. The van der Waals surface area contributed by atoms with Gasteiger partial charge in [0.15, 0.2) is 0 Å². The van der Waals surface area contributed by atoms with Gasteiger partial charge in [0.05, 0.1) is 5.92 Å². The van der Waals surface area contributed by atoms with Crippen molar-refractivity contribution >= 4 is 17.9 Å². The summed E-state index contributed by atoms with van der Waals surface area (Å²) < 4.78 is 5.15. The van der Waals surface area contributed by atoms with E-state index in [1.54, 1.807) is 25.7 Å². The molecule has 0 aliphatic carbocycles. The lowest BCUT2D eigenvalue weighted by atomic mass is 9.95. The van der Waals surface area contributed by atoms with Crippen molar-refractivity contribution in [1.82, 2.24) is 15.5 Å². The summed E-state index contributed by atoms with van der Waals surface area (Å²) in [6.45, 7) is 11.0. The first-order valence-corrected chi connectivity index (χ1v) is 10.2. The summed E-state index contributed by atoms with van der Waals surface area (Å²) in [7, 11) is 0. The molecule has 29 heavy (non-hydrogen) atoms. The molecule has 2 rings (SSSR count). The Hall–Kier alpha value is -2.57. The normalized spacial score (nSPS) is 16.9. The molecule has 0 radical (unpaired) electrons. The van der Waals surface area contributed by atoms with Crippen molar-refractivity contribution < 1.29 is 19.1 Å². The van der Waals surface area contributed by atoms with E-state index in [4.69, 9.17) is 4.74 Å². The number of hydrogen-bond acceptors (Lipinski definition) is 4. The zero-order chi connectivity index (χ0) is 21.6. The average Bonchev–Trinajstić information content (AvgIpc) is 2.63. The molecule has 1 aromatic rings. The molecule has 1 heterocycles. The molecule has 7 nitrogen and oxygen atoms in total. The van der Waals surface area contributed by atoms with E-state index in [0.717, 1.165) is 24.0 Å². The van der Waals surface area contributed by atoms with Crippen LogP contribution in [0.15, 0.2) is 18.2 Å². The zero-order valence-corrected chi connectivity index (χ0v) is 18.1. The highest BCUT2D eigenvalue weighted by atomic mass is 16.6. The van der Waals surface area contributed by atoms with Crippen LogP contribution in [0.25, 0.3) is 0 Å². The monoisotopic (exact) mass is 403 g/mol. The second-order valence-electron chi connectivity index (χ2n) is 8.63. The van der Waals surface area contributed by atoms with Crippen molar-refractivity contribution in [2.75, 3.05) is 26.2 Å². The minimum absolute atomic E-state index is 0.0217. The van der Waals surface area contributed by atoms with Crippen molar-refractivity contribution in [1.29, 1.82) is 0 Å². The van der Waals surface area contributed by atoms with E-state index in [1.165, 1.54) is 0 Å². The number of nitrogens with one attached hydrogen (secondary N) is 2. The molecule has 1 unspecified atom stereocenters. The van der Waals surface area contributed by atoms with Gasteiger partial charge in [0.2, 0.25) is 5.91 Å². The Morgan fingerprint density at radius 2 is 1.83 bits per heavy atom. The molecule has 0 aromatic heterocycles. The first-order chi connectivity index (χ1) is 13.6. The highest BCUT2D eigenvalue weighted by molar-refractivity contribution is 5.96. The number of aryl methyl sites for hydroxylation is 2. The zero-order valence-electron chi connectivity index (χ0n) is 18.1. The Morgan fingerprint density at radius 1 is 1.14 bits per heavy atom. The van der Waals surface area contributed by atoms with Crippen molar-refractivity contribution in [2.24, 2.45) is 5.92 Å². The maximum Gasteiger partial charge on any atom is 0.407 e. The number of hydrogen-bond donors (Lipinski definition) is 2. The number of piperidine rings is 1. The van der Waals surface area contributed by atoms with E-state index in [-0.39, 0.29) is 17.7 Å². The van der Waals surface area contributed by atoms with E-state index in [1.807, 2.05) is 32.0 Å². The fourth-order valence-electron chi connectivity index (χ4n) is 3.41. The average molecular weight is 404 g/mol.